The van der Waals surface area contributed by atoms with Crippen molar-refractivity contribution in [3.05, 3.63) is 53.9 Å². The van der Waals surface area contributed by atoms with Gasteiger partial charge in [-0.2, -0.15) is 0 Å². The second kappa shape index (κ2) is 19.5. The van der Waals surface area contributed by atoms with Crippen LogP contribution in [0.2, 0.25) is 0 Å². The van der Waals surface area contributed by atoms with Crippen LogP contribution in [0.3, 0.4) is 0 Å². The van der Waals surface area contributed by atoms with Crippen LogP contribution in [0.15, 0.2) is 42.7 Å². The monoisotopic (exact) mass is 531 g/mol. The highest BCUT2D eigenvalue weighted by atomic mass is 79.9. The number of phenolic OH excluding ortho intramolecular Hbond substituents is 1. The number of pyridine rings is 1. The van der Waals surface area contributed by atoms with E-state index in [1.54, 1.807) is 13.2 Å². The number of halogens is 1. The fourth-order valence-corrected chi connectivity index (χ4v) is 4.21. The molecule has 0 aliphatic heterocycles. The Bertz CT molecular complexity index is 789. The summed E-state index contributed by atoms with van der Waals surface area (Å²) in [5.74, 6) is 0.662. The van der Waals surface area contributed by atoms with Gasteiger partial charge in [0, 0.05) is 18.6 Å². The zero-order chi connectivity index (χ0) is 23.6. The highest BCUT2D eigenvalue weighted by molar-refractivity contribution is 5.70. The molecule has 0 aliphatic carbocycles. The minimum absolute atomic E-state index is 0. The Balaban J connectivity index is 0.00000578. The van der Waals surface area contributed by atoms with Crippen LogP contribution in [0.1, 0.15) is 108 Å². The fourth-order valence-electron chi connectivity index (χ4n) is 4.21. The number of aromatic hydroxyl groups is 1. The number of phenols is 1. The summed E-state index contributed by atoms with van der Waals surface area (Å²) in [6.45, 7) is 3.38. The number of methoxy groups -OCH3 is 1. The Labute approximate surface area is 219 Å². The molecule has 0 fully saturated rings. The molecule has 2 rings (SSSR count). The zero-order valence-corrected chi connectivity index (χ0v) is 23.1. The van der Waals surface area contributed by atoms with Gasteiger partial charge in [0.1, 0.15) is 6.54 Å². The predicted octanol–water partition coefficient (Wildman–Crippen LogP) is 5.34. The highest BCUT2D eigenvalue weighted by Crippen LogP contribution is 2.27. The van der Waals surface area contributed by atoms with Gasteiger partial charge in [-0.1, -0.05) is 102 Å². The molecular weight excluding hydrogens is 486 g/mol. The molecule has 0 saturated heterocycles. The number of aromatic nitrogens is 1. The van der Waals surface area contributed by atoms with Crippen LogP contribution in [0.5, 0.6) is 11.5 Å². The Kier molecular flexibility index (Phi) is 17.3. The molecule has 1 heterocycles. The summed E-state index contributed by atoms with van der Waals surface area (Å²) in [7, 11) is 1.57. The lowest BCUT2D eigenvalue weighted by atomic mass is 10.0. The van der Waals surface area contributed by atoms with Gasteiger partial charge < -0.3 is 26.8 Å². The van der Waals surface area contributed by atoms with E-state index in [-0.39, 0.29) is 22.7 Å². The number of hydrogen-bond donors (Lipinski definition) is 1. The molecule has 1 N–H and O–H groups in total. The van der Waals surface area contributed by atoms with E-state index in [9.17, 15) is 5.11 Å². The maximum atomic E-state index is 9.70. The first-order chi connectivity index (χ1) is 16.2. The van der Waals surface area contributed by atoms with E-state index in [1.165, 1.54) is 95.5 Å². The Hall–Kier alpha value is -1.81. The molecule has 3 nitrogen and oxygen atoms in total. The summed E-state index contributed by atoms with van der Waals surface area (Å²) in [5, 5.41) is 9.70. The molecule has 0 unspecified atom stereocenters. The number of benzene rings is 1. The third kappa shape index (κ3) is 13.2. The molecule has 0 atom stereocenters. The van der Waals surface area contributed by atoms with Crippen molar-refractivity contribution >= 4 is 12.2 Å². The lowest BCUT2D eigenvalue weighted by molar-refractivity contribution is -0.697. The summed E-state index contributed by atoms with van der Waals surface area (Å²) in [6.07, 6.45) is 28.1. The molecular formula is C30H46BrNO2. The average Bonchev–Trinajstić information content (AvgIpc) is 2.84. The normalized spacial score (nSPS) is 11.0. The number of rotatable bonds is 18. The molecule has 4 heteroatoms. The van der Waals surface area contributed by atoms with Gasteiger partial charge in [0.05, 0.1) is 7.11 Å². The van der Waals surface area contributed by atoms with Gasteiger partial charge >= 0.3 is 0 Å². The maximum absolute atomic E-state index is 9.70. The Morgan fingerprint density at radius 2 is 1.21 bits per heavy atom. The van der Waals surface area contributed by atoms with Gasteiger partial charge in [-0.15, -0.1) is 0 Å². The van der Waals surface area contributed by atoms with Crippen molar-refractivity contribution in [3.8, 4) is 11.5 Å². The van der Waals surface area contributed by atoms with Crippen LogP contribution >= 0.6 is 0 Å². The first-order valence-electron chi connectivity index (χ1n) is 13.3. The standard InChI is InChI=1S/C30H45NO2.BrH/c1-3-4-5-6-7-8-9-10-11-12-13-14-15-16-23-31-24-21-27(22-25-31)17-18-28-19-20-29(32)30(26-28)33-2;/h17-22,24-26H,3-16,23H2,1-2H3;1H. The highest BCUT2D eigenvalue weighted by Gasteiger charge is 2.02. The summed E-state index contributed by atoms with van der Waals surface area (Å²) in [6, 6.07) is 9.68. The Morgan fingerprint density at radius 1 is 0.706 bits per heavy atom. The van der Waals surface area contributed by atoms with Crippen molar-refractivity contribution in [1.82, 2.24) is 0 Å². The van der Waals surface area contributed by atoms with Gasteiger partial charge in [0.2, 0.25) is 0 Å². The van der Waals surface area contributed by atoms with Gasteiger partial charge in [0.15, 0.2) is 23.9 Å². The molecule has 0 spiro atoms. The minimum atomic E-state index is 0. The van der Waals surface area contributed by atoms with Gasteiger partial charge in [-0.05, 0) is 29.7 Å². The number of ether oxygens (including phenoxy) is 1. The molecule has 0 radical (unpaired) electrons. The van der Waals surface area contributed by atoms with Crippen molar-refractivity contribution in [2.45, 2.75) is 103 Å². The second-order valence-corrected chi connectivity index (χ2v) is 9.23. The van der Waals surface area contributed by atoms with E-state index in [2.05, 4.69) is 42.1 Å². The van der Waals surface area contributed by atoms with Crippen molar-refractivity contribution in [3.63, 3.8) is 0 Å². The van der Waals surface area contributed by atoms with E-state index >= 15 is 0 Å². The molecule has 2 aromatic rings. The molecule has 0 amide bonds. The molecule has 1 aromatic heterocycles. The maximum Gasteiger partial charge on any atom is 0.169 e. The van der Waals surface area contributed by atoms with Gasteiger partial charge in [-0.3, -0.25) is 0 Å². The molecule has 190 valence electrons. The molecule has 0 aliphatic rings. The van der Waals surface area contributed by atoms with E-state index in [0.29, 0.717) is 5.75 Å². The first kappa shape index (κ1) is 30.2. The van der Waals surface area contributed by atoms with Crippen LogP contribution in [0.4, 0.5) is 0 Å². The van der Waals surface area contributed by atoms with E-state index in [1.807, 2.05) is 18.2 Å². The van der Waals surface area contributed by atoms with E-state index < -0.39 is 0 Å². The number of hydrogen-bond acceptors (Lipinski definition) is 2. The topological polar surface area (TPSA) is 33.3 Å². The SMILES string of the molecule is CCCCCCCCCCCCCCCC[n+]1ccc(/C=C/c2ccc(O)c(OC)c2)cc1.[Br-]. The van der Waals surface area contributed by atoms with Crippen LogP contribution in [0, 0.1) is 0 Å². The first-order valence-corrected chi connectivity index (χ1v) is 13.3. The largest absolute Gasteiger partial charge is 1.00 e. The predicted molar refractivity (Wildman–Crippen MR) is 141 cm³/mol. The second-order valence-electron chi connectivity index (χ2n) is 9.23. The smallest absolute Gasteiger partial charge is 0.169 e. The number of unbranched alkanes of at least 4 members (excludes halogenated alkanes) is 13. The van der Waals surface area contributed by atoms with Crippen molar-refractivity contribution in [2.75, 3.05) is 7.11 Å². The summed E-state index contributed by atoms with van der Waals surface area (Å²) in [5.41, 5.74) is 2.17. The fraction of sp³-hybridized carbons (Fsp3) is 0.567. The average molecular weight is 533 g/mol. The van der Waals surface area contributed by atoms with Crippen LogP contribution in [-0.2, 0) is 6.54 Å². The molecule has 0 bridgehead atoms. The quantitative estimate of drug-likeness (QED) is 0.208. The third-order valence-corrected chi connectivity index (χ3v) is 6.36. The minimum Gasteiger partial charge on any atom is -1.00 e. The number of nitrogens with zero attached hydrogens (tertiary/aromatic N) is 1. The summed E-state index contributed by atoms with van der Waals surface area (Å²) < 4.78 is 7.45. The van der Waals surface area contributed by atoms with Gasteiger partial charge in [0.25, 0.3) is 0 Å². The molecule has 0 saturated carbocycles. The summed E-state index contributed by atoms with van der Waals surface area (Å²) >= 11 is 0. The van der Waals surface area contributed by atoms with Crippen LogP contribution < -0.4 is 26.3 Å². The van der Waals surface area contributed by atoms with Crippen molar-refractivity contribution in [2.24, 2.45) is 0 Å². The zero-order valence-electron chi connectivity index (χ0n) is 21.5. The van der Waals surface area contributed by atoms with E-state index in [4.69, 9.17) is 4.74 Å². The Morgan fingerprint density at radius 3 is 1.74 bits per heavy atom. The van der Waals surface area contributed by atoms with Gasteiger partial charge in [-0.25, -0.2) is 4.57 Å². The van der Waals surface area contributed by atoms with Crippen molar-refractivity contribution in [1.29, 1.82) is 0 Å². The molecule has 34 heavy (non-hydrogen) atoms. The number of aryl methyl sites for hydroxylation is 1. The van der Waals surface area contributed by atoms with Crippen molar-refractivity contribution < 1.29 is 31.4 Å². The summed E-state index contributed by atoms with van der Waals surface area (Å²) in [4.78, 5) is 0. The van der Waals surface area contributed by atoms with Crippen LogP contribution in [-0.4, -0.2) is 12.2 Å². The third-order valence-electron chi connectivity index (χ3n) is 6.36. The lowest BCUT2D eigenvalue weighted by Gasteiger charge is -2.03. The molecule has 1 aromatic carbocycles. The van der Waals surface area contributed by atoms with Crippen LogP contribution in [0.25, 0.3) is 12.2 Å². The van der Waals surface area contributed by atoms with E-state index in [0.717, 1.165) is 12.1 Å². The lowest BCUT2D eigenvalue weighted by Crippen LogP contribution is -3.00.